The molecule has 108 valence electrons. The lowest BCUT2D eigenvalue weighted by Crippen LogP contribution is -2.00. The van der Waals surface area contributed by atoms with Gasteiger partial charge in [0.2, 0.25) is 0 Å². The molecule has 0 fully saturated rings. The van der Waals surface area contributed by atoms with Gasteiger partial charge in [-0.05, 0) is 48.4 Å². The van der Waals surface area contributed by atoms with E-state index in [1.165, 1.54) is 17.7 Å². The molecular formula is C17H13FN4. The molecule has 3 rings (SSSR count). The SMILES string of the molecule is CCc1ccc(-n2nnc(C#N)c2-c2ccc(F)cc2)cc1. The summed E-state index contributed by atoms with van der Waals surface area (Å²) in [5.74, 6) is -0.325. The number of hydrogen-bond acceptors (Lipinski definition) is 3. The van der Waals surface area contributed by atoms with Crippen LogP contribution in [-0.4, -0.2) is 15.0 Å². The molecule has 0 aliphatic carbocycles. The Hall–Kier alpha value is -3.00. The number of rotatable bonds is 3. The summed E-state index contributed by atoms with van der Waals surface area (Å²) in [5, 5.41) is 17.2. The van der Waals surface area contributed by atoms with Gasteiger partial charge in [0, 0.05) is 5.56 Å². The van der Waals surface area contributed by atoms with E-state index in [9.17, 15) is 9.65 Å². The molecule has 0 amide bonds. The summed E-state index contributed by atoms with van der Waals surface area (Å²) in [7, 11) is 0. The zero-order valence-electron chi connectivity index (χ0n) is 12.0. The fourth-order valence-corrected chi connectivity index (χ4v) is 2.28. The molecule has 0 aliphatic rings. The van der Waals surface area contributed by atoms with E-state index in [-0.39, 0.29) is 11.5 Å². The lowest BCUT2D eigenvalue weighted by Gasteiger charge is -2.07. The summed E-state index contributed by atoms with van der Waals surface area (Å²) in [5.41, 5.74) is 3.50. The van der Waals surface area contributed by atoms with Crippen molar-refractivity contribution in [2.24, 2.45) is 0 Å². The average Bonchev–Trinajstić information content (AvgIpc) is 2.99. The quantitative estimate of drug-likeness (QED) is 0.742. The maximum absolute atomic E-state index is 13.1. The van der Waals surface area contributed by atoms with Crippen molar-refractivity contribution in [2.75, 3.05) is 0 Å². The van der Waals surface area contributed by atoms with Crippen LogP contribution in [0.5, 0.6) is 0 Å². The van der Waals surface area contributed by atoms with Crippen LogP contribution in [0.1, 0.15) is 18.2 Å². The van der Waals surface area contributed by atoms with Gasteiger partial charge < -0.3 is 0 Å². The van der Waals surface area contributed by atoms with Crippen LogP contribution in [0.2, 0.25) is 0 Å². The normalized spacial score (nSPS) is 10.4. The van der Waals surface area contributed by atoms with Gasteiger partial charge in [-0.2, -0.15) is 5.26 Å². The monoisotopic (exact) mass is 292 g/mol. The molecule has 2 aromatic carbocycles. The van der Waals surface area contributed by atoms with Crippen molar-refractivity contribution in [3.05, 3.63) is 65.6 Å². The molecule has 0 bridgehead atoms. The van der Waals surface area contributed by atoms with E-state index in [4.69, 9.17) is 0 Å². The molecule has 22 heavy (non-hydrogen) atoms. The Kier molecular flexibility index (Phi) is 3.67. The van der Waals surface area contributed by atoms with Crippen molar-refractivity contribution in [1.29, 1.82) is 5.26 Å². The Labute approximate surface area is 127 Å². The summed E-state index contributed by atoms with van der Waals surface area (Å²) in [6.45, 7) is 2.09. The zero-order valence-corrected chi connectivity index (χ0v) is 12.0. The minimum atomic E-state index is -0.325. The van der Waals surface area contributed by atoms with Gasteiger partial charge in [0.15, 0.2) is 5.69 Å². The first-order valence-electron chi connectivity index (χ1n) is 6.94. The second-order valence-corrected chi connectivity index (χ2v) is 4.84. The van der Waals surface area contributed by atoms with E-state index < -0.39 is 0 Å². The highest BCUT2D eigenvalue weighted by atomic mass is 19.1. The lowest BCUT2D eigenvalue weighted by atomic mass is 10.1. The van der Waals surface area contributed by atoms with E-state index in [0.29, 0.717) is 11.3 Å². The van der Waals surface area contributed by atoms with Crippen molar-refractivity contribution in [2.45, 2.75) is 13.3 Å². The molecule has 4 nitrogen and oxygen atoms in total. The molecule has 0 N–H and O–H groups in total. The predicted octanol–water partition coefficient (Wildman–Crippen LogP) is 3.51. The molecule has 1 heterocycles. The maximum Gasteiger partial charge on any atom is 0.191 e. The number of hydrogen-bond donors (Lipinski definition) is 0. The van der Waals surface area contributed by atoms with Gasteiger partial charge in [0.1, 0.15) is 17.6 Å². The number of aromatic nitrogens is 3. The van der Waals surface area contributed by atoms with Crippen LogP contribution in [0.25, 0.3) is 16.9 Å². The van der Waals surface area contributed by atoms with Crippen LogP contribution in [-0.2, 0) is 6.42 Å². The van der Waals surface area contributed by atoms with Crippen molar-refractivity contribution < 1.29 is 4.39 Å². The second kappa shape index (κ2) is 5.78. The van der Waals surface area contributed by atoms with Gasteiger partial charge in [-0.25, -0.2) is 9.07 Å². The fraction of sp³-hybridized carbons (Fsp3) is 0.118. The minimum absolute atomic E-state index is 0.214. The number of aryl methyl sites for hydroxylation is 1. The molecule has 0 saturated heterocycles. The summed E-state index contributed by atoms with van der Waals surface area (Å²) in [6, 6.07) is 15.9. The number of nitrogens with zero attached hydrogens (tertiary/aromatic N) is 4. The van der Waals surface area contributed by atoms with E-state index in [1.807, 2.05) is 30.3 Å². The van der Waals surface area contributed by atoms with Crippen LogP contribution >= 0.6 is 0 Å². The number of halogens is 1. The topological polar surface area (TPSA) is 54.5 Å². The summed E-state index contributed by atoms with van der Waals surface area (Å²) in [4.78, 5) is 0. The number of nitriles is 1. The highest BCUT2D eigenvalue weighted by Gasteiger charge is 2.16. The van der Waals surface area contributed by atoms with Crippen LogP contribution in [0.4, 0.5) is 4.39 Å². The first-order chi connectivity index (χ1) is 10.7. The van der Waals surface area contributed by atoms with Crippen molar-refractivity contribution in [1.82, 2.24) is 15.0 Å². The van der Waals surface area contributed by atoms with E-state index in [0.717, 1.165) is 12.1 Å². The predicted molar refractivity (Wildman–Crippen MR) is 80.8 cm³/mol. The largest absolute Gasteiger partial charge is 0.211 e. The van der Waals surface area contributed by atoms with Gasteiger partial charge in [-0.15, -0.1) is 5.10 Å². The van der Waals surface area contributed by atoms with E-state index >= 15 is 0 Å². The molecule has 0 spiro atoms. The van der Waals surface area contributed by atoms with Crippen molar-refractivity contribution >= 4 is 0 Å². The molecule has 1 aromatic heterocycles. The summed E-state index contributed by atoms with van der Waals surface area (Å²) < 4.78 is 14.7. The molecule has 0 saturated carbocycles. The van der Waals surface area contributed by atoms with Crippen LogP contribution < -0.4 is 0 Å². The first kappa shape index (κ1) is 14.0. The van der Waals surface area contributed by atoms with Gasteiger partial charge in [0.05, 0.1) is 5.69 Å². The highest BCUT2D eigenvalue weighted by molar-refractivity contribution is 5.66. The van der Waals surface area contributed by atoms with Gasteiger partial charge in [-0.1, -0.05) is 24.3 Å². The standard InChI is InChI=1S/C17H13FN4/c1-2-12-3-9-15(10-4-12)22-17(16(11-19)20-21-22)13-5-7-14(18)8-6-13/h3-10H,2H2,1H3. The minimum Gasteiger partial charge on any atom is -0.211 e. The zero-order chi connectivity index (χ0) is 15.5. The molecule has 3 aromatic rings. The van der Waals surface area contributed by atoms with Crippen LogP contribution in [0, 0.1) is 17.1 Å². The maximum atomic E-state index is 13.1. The third-order valence-electron chi connectivity index (χ3n) is 3.48. The van der Waals surface area contributed by atoms with E-state index in [2.05, 4.69) is 17.2 Å². The van der Waals surface area contributed by atoms with Crippen molar-refractivity contribution in [3.63, 3.8) is 0 Å². The molecule has 0 unspecified atom stereocenters. The third kappa shape index (κ3) is 2.47. The summed E-state index contributed by atoms with van der Waals surface area (Å²) in [6.07, 6.45) is 0.950. The number of benzene rings is 2. The summed E-state index contributed by atoms with van der Waals surface area (Å²) >= 11 is 0. The molecular weight excluding hydrogens is 279 g/mol. The van der Waals surface area contributed by atoms with Crippen LogP contribution in [0.15, 0.2) is 48.5 Å². The molecule has 0 aliphatic heterocycles. The first-order valence-corrected chi connectivity index (χ1v) is 6.94. The Balaban J connectivity index is 2.14. The van der Waals surface area contributed by atoms with Gasteiger partial charge in [-0.3, -0.25) is 0 Å². The average molecular weight is 292 g/mol. The molecule has 0 atom stereocenters. The van der Waals surface area contributed by atoms with Gasteiger partial charge >= 0.3 is 0 Å². The van der Waals surface area contributed by atoms with Crippen molar-refractivity contribution in [3.8, 4) is 23.0 Å². The lowest BCUT2D eigenvalue weighted by molar-refractivity contribution is 0.628. The Morgan fingerprint density at radius 3 is 2.36 bits per heavy atom. The third-order valence-corrected chi connectivity index (χ3v) is 3.48. The Morgan fingerprint density at radius 2 is 1.77 bits per heavy atom. The second-order valence-electron chi connectivity index (χ2n) is 4.84. The van der Waals surface area contributed by atoms with E-state index in [1.54, 1.807) is 16.8 Å². The molecule has 0 radical (unpaired) electrons. The Morgan fingerprint density at radius 1 is 1.09 bits per heavy atom. The van der Waals surface area contributed by atoms with Crippen LogP contribution in [0.3, 0.4) is 0 Å². The highest BCUT2D eigenvalue weighted by Crippen LogP contribution is 2.25. The molecule has 5 heteroatoms. The Bertz CT molecular complexity index is 827. The smallest absolute Gasteiger partial charge is 0.191 e. The fourth-order valence-electron chi connectivity index (χ4n) is 2.28. The van der Waals surface area contributed by atoms with Gasteiger partial charge in [0.25, 0.3) is 0 Å².